The molecule has 0 amide bonds. The van der Waals surface area contributed by atoms with Crippen molar-refractivity contribution in [2.24, 2.45) is 0 Å². The number of carboxylic acid groups (broad SMARTS) is 1. The van der Waals surface area contributed by atoms with E-state index in [2.05, 4.69) is 4.90 Å². The van der Waals surface area contributed by atoms with Gasteiger partial charge in [0.25, 0.3) is 0 Å². The van der Waals surface area contributed by atoms with Crippen molar-refractivity contribution in [3.05, 3.63) is 29.8 Å². The van der Waals surface area contributed by atoms with E-state index < -0.39 is 11.6 Å². The minimum atomic E-state index is -1.54. The number of hydrogen-bond acceptors (Lipinski definition) is 3. The molecule has 0 radical (unpaired) electrons. The van der Waals surface area contributed by atoms with E-state index in [1.165, 1.54) is 5.56 Å². The molecule has 1 heterocycles. The van der Waals surface area contributed by atoms with Gasteiger partial charge in [-0.25, -0.2) is 4.79 Å². The molecule has 4 nitrogen and oxygen atoms in total. The van der Waals surface area contributed by atoms with Gasteiger partial charge in [0.2, 0.25) is 0 Å². The number of aryl methyl sites for hydroxylation is 1. The quantitative estimate of drug-likeness (QED) is 0.813. The van der Waals surface area contributed by atoms with Gasteiger partial charge >= 0.3 is 5.97 Å². The lowest BCUT2D eigenvalue weighted by Gasteiger charge is -2.37. The number of aliphatic hydroxyl groups is 1. The van der Waals surface area contributed by atoms with Crippen LogP contribution in [-0.4, -0.2) is 34.9 Å². The summed E-state index contributed by atoms with van der Waals surface area (Å²) in [6.07, 6.45) is 0.549. The maximum atomic E-state index is 10.9. The van der Waals surface area contributed by atoms with E-state index in [4.69, 9.17) is 5.11 Å². The summed E-state index contributed by atoms with van der Waals surface area (Å²) in [5.41, 5.74) is 0.757. The van der Waals surface area contributed by atoms with Gasteiger partial charge in [0.15, 0.2) is 5.60 Å². The molecule has 1 saturated heterocycles. The van der Waals surface area contributed by atoms with Crippen molar-refractivity contribution in [1.82, 2.24) is 0 Å². The third-order valence-corrected chi connectivity index (χ3v) is 3.44. The Morgan fingerprint density at radius 3 is 2.41 bits per heavy atom. The molecule has 0 bridgehead atoms. The van der Waals surface area contributed by atoms with Gasteiger partial charge in [0.1, 0.15) is 0 Å². The molecule has 4 heteroatoms. The van der Waals surface area contributed by atoms with Crippen molar-refractivity contribution in [3.8, 4) is 0 Å². The fourth-order valence-electron chi connectivity index (χ4n) is 2.25. The third kappa shape index (κ3) is 2.26. The van der Waals surface area contributed by atoms with Crippen LogP contribution in [-0.2, 0) is 4.79 Å². The van der Waals surface area contributed by atoms with Gasteiger partial charge in [-0.15, -0.1) is 0 Å². The standard InChI is InChI=1S/C13H17NO3/c1-10-4-2-3-5-11(10)14-8-6-13(17,7-9-14)12(15)16/h2-5,17H,6-9H2,1H3,(H,15,16). The van der Waals surface area contributed by atoms with Gasteiger partial charge in [-0.1, -0.05) is 18.2 Å². The highest BCUT2D eigenvalue weighted by Crippen LogP contribution is 2.28. The van der Waals surface area contributed by atoms with E-state index in [0.717, 1.165) is 5.69 Å². The first kappa shape index (κ1) is 11.9. The summed E-state index contributed by atoms with van der Waals surface area (Å²) in [5.74, 6) is -1.11. The first-order valence-electron chi connectivity index (χ1n) is 5.79. The number of piperidine rings is 1. The lowest BCUT2D eigenvalue weighted by atomic mass is 9.91. The van der Waals surface area contributed by atoms with Crippen LogP contribution in [0.5, 0.6) is 0 Å². The maximum absolute atomic E-state index is 10.9. The molecule has 0 aromatic heterocycles. The average molecular weight is 235 g/mol. The Morgan fingerprint density at radius 1 is 1.29 bits per heavy atom. The second-order valence-corrected chi connectivity index (χ2v) is 4.61. The predicted octanol–water partition coefficient (Wildman–Crippen LogP) is 1.41. The molecule has 0 saturated carbocycles. The van der Waals surface area contributed by atoms with E-state index in [0.29, 0.717) is 13.1 Å². The predicted molar refractivity (Wildman–Crippen MR) is 65.2 cm³/mol. The fraction of sp³-hybridized carbons (Fsp3) is 0.462. The number of carboxylic acids is 1. The Balaban J connectivity index is 2.10. The van der Waals surface area contributed by atoms with E-state index in [9.17, 15) is 9.90 Å². The van der Waals surface area contributed by atoms with Gasteiger partial charge in [-0.3, -0.25) is 0 Å². The highest BCUT2D eigenvalue weighted by Gasteiger charge is 2.39. The molecule has 2 N–H and O–H groups in total. The van der Waals surface area contributed by atoms with Gasteiger partial charge in [-0.05, 0) is 18.6 Å². The number of benzene rings is 1. The van der Waals surface area contributed by atoms with E-state index in [1.807, 2.05) is 31.2 Å². The number of carbonyl (C=O) groups is 1. The highest BCUT2D eigenvalue weighted by molar-refractivity contribution is 5.77. The molecule has 1 aromatic carbocycles. The molecular weight excluding hydrogens is 218 g/mol. The molecule has 17 heavy (non-hydrogen) atoms. The zero-order valence-electron chi connectivity index (χ0n) is 9.89. The Morgan fingerprint density at radius 2 is 1.88 bits per heavy atom. The molecular formula is C13H17NO3. The van der Waals surface area contributed by atoms with Crippen molar-refractivity contribution in [1.29, 1.82) is 0 Å². The van der Waals surface area contributed by atoms with Gasteiger partial charge in [0.05, 0.1) is 0 Å². The summed E-state index contributed by atoms with van der Waals surface area (Å²) in [5, 5.41) is 18.8. The van der Waals surface area contributed by atoms with Crippen LogP contribution in [0.4, 0.5) is 5.69 Å². The minimum Gasteiger partial charge on any atom is -0.479 e. The van der Waals surface area contributed by atoms with Crippen LogP contribution in [0.3, 0.4) is 0 Å². The fourth-order valence-corrected chi connectivity index (χ4v) is 2.25. The summed E-state index contributed by atoms with van der Waals surface area (Å²) in [7, 11) is 0. The summed E-state index contributed by atoms with van der Waals surface area (Å²) in [6.45, 7) is 3.19. The van der Waals surface area contributed by atoms with E-state index >= 15 is 0 Å². The molecule has 0 atom stereocenters. The normalized spacial score (nSPS) is 19.1. The molecule has 1 fully saturated rings. The van der Waals surface area contributed by atoms with Gasteiger partial charge in [0, 0.05) is 31.6 Å². The number of hydrogen-bond donors (Lipinski definition) is 2. The summed E-state index contributed by atoms with van der Waals surface area (Å²) < 4.78 is 0. The monoisotopic (exact) mass is 235 g/mol. The van der Waals surface area contributed by atoms with Crippen LogP contribution in [0.25, 0.3) is 0 Å². The Kier molecular flexibility index (Phi) is 3.07. The number of aliphatic carboxylic acids is 1. The molecule has 1 aliphatic heterocycles. The molecule has 1 aliphatic rings. The minimum absolute atomic E-state index is 0.274. The number of nitrogens with zero attached hydrogens (tertiary/aromatic N) is 1. The van der Waals surface area contributed by atoms with Crippen LogP contribution in [0, 0.1) is 6.92 Å². The second kappa shape index (κ2) is 4.37. The first-order valence-corrected chi connectivity index (χ1v) is 5.79. The number of anilines is 1. The van der Waals surface area contributed by atoms with Crippen LogP contribution < -0.4 is 4.90 Å². The van der Waals surface area contributed by atoms with E-state index in [-0.39, 0.29) is 12.8 Å². The number of rotatable bonds is 2. The Bertz CT molecular complexity index is 422. The third-order valence-electron chi connectivity index (χ3n) is 3.44. The average Bonchev–Trinajstić information content (AvgIpc) is 2.31. The van der Waals surface area contributed by atoms with Crippen LogP contribution >= 0.6 is 0 Å². The summed E-state index contributed by atoms with van der Waals surface area (Å²) in [6, 6.07) is 8.02. The zero-order chi connectivity index (χ0) is 12.5. The topological polar surface area (TPSA) is 60.8 Å². The molecule has 1 aromatic rings. The zero-order valence-corrected chi connectivity index (χ0v) is 9.89. The maximum Gasteiger partial charge on any atom is 0.335 e. The van der Waals surface area contributed by atoms with Crippen LogP contribution in [0.1, 0.15) is 18.4 Å². The van der Waals surface area contributed by atoms with Crippen LogP contribution in [0.15, 0.2) is 24.3 Å². The molecule has 2 rings (SSSR count). The van der Waals surface area contributed by atoms with Crippen molar-refractivity contribution in [2.75, 3.05) is 18.0 Å². The largest absolute Gasteiger partial charge is 0.479 e. The SMILES string of the molecule is Cc1ccccc1N1CCC(O)(C(=O)O)CC1. The Labute approximate surface area is 100 Å². The molecule has 0 unspecified atom stereocenters. The number of para-hydroxylation sites is 1. The second-order valence-electron chi connectivity index (χ2n) is 4.61. The van der Waals surface area contributed by atoms with Crippen LogP contribution in [0.2, 0.25) is 0 Å². The summed E-state index contributed by atoms with van der Waals surface area (Å²) >= 11 is 0. The Hall–Kier alpha value is -1.55. The lowest BCUT2D eigenvalue weighted by molar-refractivity contribution is -0.160. The smallest absolute Gasteiger partial charge is 0.335 e. The van der Waals surface area contributed by atoms with Crippen molar-refractivity contribution in [3.63, 3.8) is 0 Å². The van der Waals surface area contributed by atoms with Gasteiger partial charge in [-0.2, -0.15) is 0 Å². The summed E-state index contributed by atoms with van der Waals surface area (Å²) in [4.78, 5) is 13.0. The van der Waals surface area contributed by atoms with Crippen molar-refractivity contribution >= 4 is 11.7 Å². The lowest BCUT2D eigenvalue weighted by Crippen LogP contribution is -2.49. The molecule has 0 aliphatic carbocycles. The molecule has 0 spiro atoms. The van der Waals surface area contributed by atoms with Crippen molar-refractivity contribution in [2.45, 2.75) is 25.4 Å². The first-order chi connectivity index (χ1) is 8.03. The molecule has 92 valence electrons. The van der Waals surface area contributed by atoms with Crippen molar-refractivity contribution < 1.29 is 15.0 Å². The van der Waals surface area contributed by atoms with Gasteiger partial charge < -0.3 is 15.1 Å². The highest BCUT2D eigenvalue weighted by atomic mass is 16.4. The van der Waals surface area contributed by atoms with E-state index in [1.54, 1.807) is 0 Å².